The first-order chi connectivity index (χ1) is 8.04. The van der Waals surface area contributed by atoms with Gasteiger partial charge in [-0.1, -0.05) is 6.92 Å². The van der Waals surface area contributed by atoms with Crippen molar-refractivity contribution in [3.05, 3.63) is 22.7 Å². The number of hydrogen-bond acceptors (Lipinski definition) is 5. The number of nitrogen functional groups attached to an aromatic ring is 1. The van der Waals surface area contributed by atoms with Gasteiger partial charge in [-0.15, -0.1) is 0 Å². The molecule has 1 aromatic rings. The second kappa shape index (κ2) is 4.42. The minimum Gasteiger partial charge on any atom is -0.387 e. The molecule has 0 amide bonds. The summed E-state index contributed by atoms with van der Waals surface area (Å²) in [5.41, 5.74) is 4.64. The van der Waals surface area contributed by atoms with Gasteiger partial charge >= 0.3 is 5.69 Å². The average Bonchev–Trinajstić information content (AvgIpc) is 2.57. The molecule has 1 aliphatic heterocycles. The number of halogens is 1. The molecule has 0 saturated carbocycles. The highest BCUT2D eigenvalue weighted by Crippen LogP contribution is 2.32. The Morgan fingerprint density at radius 3 is 2.94 bits per heavy atom. The van der Waals surface area contributed by atoms with E-state index in [-0.39, 0.29) is 5.82 Å². The van der Waals surface area contributed by atoms with Crippen LogP contribution in [0.25, 0.3) is 0 Å². The SMILES string of the molecule is CC[C@H]1O[C@@H](n2ccc(N)nc2=O)[C@H](F)[C@@H]1O. The van der Waals surface area contributed by atoms with Crippen molar-refractivity contribution >= 4 is 5.82 Å². The molecule has 0 radical (unpaired) electrons. The van der Waals surface area contributed by atoms with Gasteiger partial charge in [-0.2, -0.15) is 4.98 Å². The average molecular weight is 243 g/mol. The molecule has 94 valence electrons. The monoisotopic (exact) mass is 243 g/mol. The van der Waals surface area contributed by atoms with Gasteiger partial charge in [-0.25, -0.2) is 9.18 Å². The van der Waals surface area contributed by atoms with Gasteiger partial charge in [0.25, 0.3) is 0 Å². The molecule has 7 heteroatoms. The second-order valence-corrected chi connectivity index (χ2v) is 3.95. The fourth-order valence-electron chi connectivity index (χ4n) is 1.88. The van der Waals surface area contributed by atoms with Crippen molar-refractivity contribution in [3.63, 3.8) is 0 Å². The smallest absolute Gasteiger partial charge is 0.351 e. The highest BCUT2D eigenvalue weighted by Gasteiger charge is 2.44. The number of nitrogens with zero attached hydrogens (tertiary/aromatic N) is 2. The van der Waals surface area contributed by atoms with Gasteiger partial charge in [0.15, 0.2) is 12.4 Å². The normalized spacial score (nSPS) is 32.9. The summed E-state index contributed by atoms with van der Waals surface area (Å²) < 4.78 is 20.1. The van der Waals surface area contributed by atoms with E-state index in [1.807, 2.05) is 0 Å². The number of aliphatic hydroxyl groups is 1. The number of nitrogens with two attached hydrogens (primary N) is 1. The van der Waals surface area contributed by atoms with Crippen LogP contribution in [-0.4, -0.2) is 33.0 Å². The van der Waals surface area contributed by atoms with E-state index < -0.39 is 30.3 Å². The molecule has 0 aromatic carbocycles. The zero-order valence-electron chi connectivity index (χ0n) is 9.28. The molecule has 0 aliphatic carbocycles. The Morgan fingerprint density at radius 2 is 2.41 bits per heavy atom. The van der Waals surface area contributed by atoms with Crippen LogP contribution in [0.4, 0.5) is 10.2 Å². The van der Waals surface area contributed by atoms with Gasteiger partial charge in [-0.3, -0.25) is 4.57 Å². The van der Waals surface area contributed by atoms with Gasteiger partial charge in [-0.05, 0) is 12.5 Å². The van der Waals surface area contributed by atoms with Crippen molar-refractivity contribution in [2.45, 2.75) is 38.0 Å². The Bertz CT molecular complexity index is 464. The van der Waals surface area contributed by atoms with Crippen LogP contribution < -0.4 is 11.4 Å². The number of rotatable bonds is 2. The number of anilines is 1. The van der Waals surface area contributed by atoms with Crippen LogP contribution in [-0.2, 0) is 4.74 Å². The van der Waals surface area contributed by atoms with Crippen LogP contribution in [0.5, 0.6) is 0 Å². The second-order valence-electron chi connectivity index (χ2n) is 3.95. The zero-order valence-corrected chi connectivity index (χ0v) is 9.28. The molecule has 3 N–H and O–H groups in total. The van der Waals surface area contributed by atoms with Crippen LogP contribution in [0, 0.1) is 0 Å². The van der Waals surface area contributed by atoms with Crippen molar-refractivity contribution in [1.82, 2.24) is 9.55 Å². The minimum absolute atomic E-state index is 0.0623. The Hall–Kier alpha value is -1.47. The molecule has 6 nitrogen and oxygen atoms in total. The van der Waals surface area contributed by atoms with Crippen molar-refractivity contribution < 1.29 is 14.2 Å². The van der Waals surface area contributed by atoms with Gasteiger partial charge in [0, 0.05) is 6.20 Å². The fraction of sp³-hybridized carbons (Fsp3) is 0.600. The summed E-state index contributed by atoms with van der Waals surface area (Å²) in [7, 11) is 0. The lowest BCUT2D eigenvalue weighted by Crippen LogP contribution is -2.33. The highest BCUT2D eigenvalue weighted by molar-refractivity contribution is 5.23. The van der Waals surface area contributed by atoms with Crippen molar-refractivity contribution in [2.75, 3.05) is 5.73 Å². The number of ether oxygens (including phenoxy) is 1. The van der Waals surface area contributed by atoms with Crippen LogP contribution >= 0.6 is 0 Å². The molecule has 0 spiro atoms. The summed E-state index contributed by atoms with van der Waals surface area (Å²) in [6.07, 6.45) is -2.85. The summed E-state index contributed by atoms with van der Waals surface area (Å²) in [6.45, 7) is 1.77. The molecule has 4 atom stereocenters. The van der Waals surface area contributed by atoms with E-state index in [1.54, 1.807) is 6.92 Å². The molecule has 0 unspecified atom stereocenters. The molecule has 1 saturated heterocycles. The molecule has 0 bridgehead atoms. The van der Waals surface area contributed by atoms with Gasteiger partial charge in [0.05, 0.1) is 6.10 Å². The van der Waals surface area contributed by atoms with E-state index in [0.717, 1.165) is 4.57 Å². The first kappa shape index (κ1) is 12.0. The minimum atomic E-state index is -1.65. The number of alkyl halides is 1. The van der Waals surface area contributed by atoms with Gasteiger partial charge < -0.3 is 15.6 Å². The van der Waals surface area contributed by atoms with Crippen molar-refractivity contribution in [1.29, 1.82) is 0 Å². The Balaban J connectivity index is 2.32. The standard InChI is InChI=1S/C10H14FN3O3/c1-2-5-8(15)7(11)9(17-5)14-4-3-6(12)13-10(14)16/h3-5,7-9,15H,2H2,1H3,(H2,12,13,16)/t5-,7-,8-,9-/m1/s1. The van der Waals surface area contributed by atoms with Gasteiger partial charge in [0.1, 0.15) is 11.9 Å². The Morgan fingerprint density at radius 1 is 1.71 bits per heavy atom. The molecule has 1 aliphatic rings. The summed E-state index contributed by atoms with van der Waals surface area (Å²) in [6, 6.07) is 1.38. The maximum absolute atomic E-state index is 13.8. The van der Waals surface area contributed by atoms with Gasteiger partial charge in [0.2, 0.25) is 0 Å². The highest BCUT2D eigenvalue weighted by atomic mass is 19.1. The van der Waals surface area contributed by atoms with Crippen LogP contribution in [0.3, 0.4) is 0 Å². The van der Waals surface area contributed by atoms with Crippen LogP contribution in [0.2, 0.25) is 0 Å². The fourth-order valence-corrected chi connectivity index (χ4v) is 1.88. The third-order valence-corrected chi connectivity index (χ3v) is 2.82. The van der Waals surface area contributed by atoms with E-state index in [2.05, 4.69) is 4.98 Å². The lowest BCUT2D eigenvalue weighted by molar-refractivity contribution is -0.0279. The quantitative estimate of drug-likeness (QED) is 0.752. The molecule has 1 aromatic heterocycles. The molecule has 17 heavy (non-hydrogen) atoms. The molecule has 2 rings (SSSR count). The van der Waals surface area contributed by atoms with Crippen molar-refractivity contribution in [2.24, 2.45) is 0 Å². The van der Waals surface area contributed by atoms with Crippen molar-refractivity contribution in [3.8, 4) is 0 Å². The lowest BCUT2D eigenvalue weighted by Gasteiger charge is -2.15. The third kappa shape index (κ3) is 2.03. The number of aromatic nitrogens is 2. The summed E-state index contributed by atoms with van der Waals surface area (Å²) in [4.78, 5) is 15.0. The molecule has 1 fully saturated rings. The zero-order chi connectivity index (χ0) is 12.6. The topological polar surface area (TPSA) is 90.4 Å². The Kier molecular flexibility index (Phi) is 3.12. The predicted molar refractivity (Wildman–Crippen MR) is 58.0 cm³/mol. The van der Waals surface area contributed by atoms with Crippen LogP contribution in [0.1, 0.15) is 19.6 Å². The largest absolute Gasteiger partial charge is 0.387 e. The van der Waals surface area contributed by atoms with E-state index >= 15 is 0 Å². The predicted octanol–water partition coefficient (Wildman–Crippen LogP) is -0.168. The maximum Gasteiger partial charge on any atom is 0.351 e. The van der Waals surface area contributed by atoms with E-state index in [0.29, 0.717) is 6.42 Å². The third-order valence-electron chi connectivity index (χ3n) is 2.82. The van der Waals surface area contributed by atoms with E-state index in [4.69, 9.17) is 10.5 Å². The maximum atomic E-state index is 13.8. The molecule has 2 heterocycles. The van der Waals surface area contributed by atoms with Crippen LogP contribution in [0.15, 0.2) is 17.1 Å². The summed E-state index contributed by atoms with van der Waals surface area (Å²) in [5.74, 6) is 0.0623. The summed E-state index contributed by atoms with van der Waals surface area (Å²) >= 11 is 0. The number of hydrogen-bond donors (Lipinski definition) is 2. The first-order valence-electron chi connectivity index (χ1n) is 5.37. The van der Waals surface area contributed by atoms with E-state index in [1.165, 1.54) is 12.3 Å². The lowest BCUT2D eigenvalue weighted by atomic mass is 10.1. The Labute approximate surface area is 96.8 Å². The van der Waals surface area contributed by atoms with E-state index in [9.17, 15) is 14.3 Å². The summed E-state index contributed by atoms with van der Waals surface area (Å²) in [5, 5.41) is 9.57. The number of aliphatic hydroxyl groups excluding tert-OH is 1. The molecular weight excluding hydrogens is 229 g/mol. The first-order valence-corrected chi connectivity index (χ1v) is 5.37. The molecular formula is C10H14FN3O3.